The van der Waals surface area contributed by atoms with E-state index >= 15 is 0 Å². The highest BCUT2D eigenvalue weighted by Crippen LogP contribution is 2.47. The maximum atomic E-state index is 12.4. The fraction of sp³-hybridized carbons (Fsp3) is 0.533. The molecular weight excluding hydrogens is 248 g/mol. The van der Waals surface area contributed by atoms with E-state index in [1.165, 1.54) is 0 Å². The van der Waals surface area contributed by atoms with Crippen molar-refractivity contribution < 1.29 is 9.90 Å². The van der Waals surface area contributed by atoms with E-state index in [2.05, 4.69) is 0 Å². The Hall–Kier alpha value is -0.860. The van der Waals surface area contributed by atoms with Crippen molar-refractivity contribution in [1.29, 1.82) is 0 Å². The smallest absolute Gasteiger partial charge is 0.172 e. The maximum Gasteiger partial charge on any atom is 0.172 e. The third kappa shape index (κ3) is 1.70. The second kappa shape index (κ2) is 4.36. The lowest BCUT2D eigenvalue weighted by atomic mass is 9.86. The standard InChI is InChI=1S/C15H19ClO2/c1-8-7-11-12(9(2)10(8)5-6-16)14(18)15(3,4)13(11)17/h7,13,17H,5-6H2,1-4H3/t13-/m1/s1. The highest BCUT2D eigenvalue weighted by atomic mass is 35.5. The summed E-state index contributed by atoms with van der Waals surface area (Å²) in [5, 5.41) is 10.3. The van der Waals surface area contributed by atoms with Gasteiger partial charge in [0.2, 0.25) is 0 Å². The number of aliphatic hydroxyl groups is 1. The second-order valence-electron chi connectivity index (χ2n) is 5.65. The molecule has 0 unspecified atom stereocenters. The van der Waals surface area contributed by atoms with Gasteiger partial charge in [-0.05, 0) is 56.4 Å². The zero-order chi connectivity index (χ0) is 13.7. The van der Waals surface area contributed by atoms with Crippen molar-refractivity contribution >= 4 is 17.4 Å². The number of carbonyl (C=O) groups is 1. The van der Waals surface area contributed by atoms with Gasteiger partial charge in [0.15, 0.2) is 5.78 Å². The predicted octanol–water partition coefficient (Wildman–Crippen LogP) is 3.34. The molecule has 0 saturated carbocycles. The molecule has 1 N–H and O–H groups in total. The minimum Gasteiger partial charge on any atom is -0.387 e. The van der Waals surface area contributed by atoms with Crippen LogP contribution in [0.5, 0.6) is 0 Å². The van der Waals surface area contributed by atoms with Gasteiger partial charge in [-0.15, -0.1) is 11.6 Å². The van der Waals surface area contributed by atoms with Crippen LogP contribution in [0, 0.1) is 19.3 Å². The Labute approximate surface area is 113 Å². The third-order valence-corrected chi connectivity index (χ3v) is 4.29. The van der Waals surface area contributed by atoms with Crippen LogP contribution in [-0.2, 0) is 6.42 Å². The van der Waals surface area contributed by atoms with Gasteiger partial charge in [0, 0.05) is 11.4 Å². The molecule has 0 bridgehead atoms. The molecule has 0 heterocycles. The zero-order valence-corrected chi connectivity index (χ0v) is 12.1. The quantitative estimate of drug-likeness (QED) is 0.834. The van der Waals surface area contributed by atoms with Crippen LogP contribution in [0.3, 0.4) is 0 Å². The Balaban J connectivity index is 2.69. The Morgan fingerprint density at radius 1 is 1.39 bits per heavy atom. The van der Waals surface area contributed by atoms with E-state index in [-0.39, 0.29) is 5.78 Å². The molecule has 0 spiro atoms. The van der Waals surface area contributed by atoms with E-state index in [0.717, 1.165) is 28.7 Å². The summed E-state index contributed by atoms with van der Waals surface area (Å²) in [6.07, 6.45) is 0.0542. The first-order valence-corrected chi connectivity index (χ1v) is 6.77. The van der Waals surface area contributed by atoms with Gasteiger partial charge < -0.3 is 5.11 Å². The van der Waals surface area contributed by atoms with Crippen LogP contribution in [-0.4, -0.2) is 16.8 Å². The number of alkyl halides is 1. The van der Waals surface area contributed by atoms with Crippen LogP contribution in [0.2, 0.25) is 0 Å². The molecule has 1 aliphatic carbocycles. The Bertz CT molecular complexity index is 518. The second-order valence-corrected chi connectivity index (χ2v) is 6.03. The number of hydrogen-bond donors (Lipinski definition) is 1. The van der Waals surface area contributed by atoms with Crippen molar-refractivity contribution in [3.05, 3.63) is 33.9 Å². The summed E-state index contributed by atoms with van der Waals surface area (Å²) in [4.78, 5) is 12.4. The number of halogens is 1. The van der Waals surface area contributed by atoms with Crippen molar-refractivity contribution in [2.75, 3.05) is 5.88 Å². The fourth-order valence-electron chi connectivity index (χ4n) is 2.89. The topological polar surface area (TPSA) is 37.3 Å². The van der Waals surface area contributed by atoms with Gasteiger partial charge in [-0.2, -0.15) is 0 Å². The van der Waals surface area contributed by atoms with Crippen molar-refractivity contribution in [3.8, 4) is 0 Å². The van der Waals surface area contributed by atoms with E-state index in [1.807, 2.05) is 19.9 Å². The third-order valence-electron chi connectivity index (χ3n) is 4.10. The summed E-state index contributed by atoms with van der Waals surface area (Å²) in [6, 6.07) is 1.95. The molecule has 0 aromatic heterocycles. The minimum atomic E-state index is -0.723. The maximum absolute atomic E-state index is 12.4. The van der Waals surface area contributed by atoms with E-state index < -0.39 is 11.5 Å². The normalized spacial score (nSPS) is 21.2. The van der Waals surface area contributed by atoms with E-state index in [9.17, 15) is 9.90 Å². The van der Waals surface area contributed by atoms with Gasteiger partial charge in [-0.3, -0.25) is 4.79 Å². The summed E-state index contributed by atoms with van der Waals surface area (Å²) in [7, 11) is 0. The Morgan fingerprint density at radius 3 is 2.56 bits per heavy atom. The molecular formula is C15H19ClO2. The van der Waals surface area contributed by atoms with Crippen molar-refractivity contribution in [3.63, 3.8) is 0 Å². The van der Waals surface area contributed by atoms with Crippen molar-refractivity contribution in [1.82, 2.24) is 0 Å². The van der Waals surface area contributed by atoms with Gasteiger partial charge in [-0.1, -0.05) is 6.07 Å². The lowest BCUT2D eigenvalue weighted by Gasteiger charge is -2.20. The largest absolute Gasteiger partial charge is 0.387 e. The number of hydrogen-bond acceptors (Lipinski definition) is 2. The molecule has 1 aromatic rings. The lowest BCUT2D eigenvalue weighted by molar-refractivity contribution is 0.0491. The highest BCUT2D eigenvalue weighted by molar-refractivity contribution is 6.18. The molecule has 1 atom stereocenters. The van der Waals surface area contributed by atoms with E-state index in [4.69, 9.17) is 11.6 Å². The van der Waals surface area contributed by atoms with Crippen LogP contribution in [0.15, 0.2) is 6.07 Å². The van der Waals surface area contributed by atoms with Gasteiger partial charge in [0.25, 0.3) is 0 Å². The molecule has 1 aliphatic rings. The number of aliphatic hydroxyl groups excluding tert-OH is 1. The minimum absolute atomic E-state index is 0.0401. The molecule has 2 nitrogen and oxygen atoms in total. The number of carbonyl (C=O) groups excluding carboxylic acids is 1. The van der Waals surface area contributed by atoms with Gasteiger partial charge in [0.1, 0.15) is 0 Å². The van der Waals surface area contributed by atoms with Crippen LogP contribution in [0.1, 0.15) is 52.6 Å². The molecule has 0 radical (unpaired) electrons. The lowest BCUT2D eigenvalue weighted by Crippen LogP contribution is -2.23. The fourth-order valence-corrected chi connectivity index (χ4v) is 3.08. The first kappa shape index (κ1) is 13.6. The molecule has 18 heavy (non-hydrogen) atoms. The average molecular weight is 267 g/mol. The highest BCUT2D eigenvalue weighted by Gasteiger charge is 2.46. The molecule has 0 aliphatic heterocycles. The van der Waals surface area contributed by atoms with E-state index in [0.29, 0.717) is 11.4 Å². The van der Waals surface area contributed by atoms with Crippen LogP contribution in [0.25, 0.3) is 0 Å². The van der Waals surface area contributed by atoms with Crippen LogP contribution >= 0.6 is 11.6 Å². The summed E-state index contributed by atoms with van der Waals surface area (Å²) >= 11 is 5.82. The first-order chi connectivity index (χ1) is 8.32. The zero-order valence-electron chi connectivity index (χ0n) is 11.3. The molecule has 0 saturated heterocycles. The van der Waals surface area contributed by atoms with Crippen LogP contribution in [0.4, 0.5) is 0 Å². The molecule has 1 aromatic carbocycles. The molecule has 98 valence electrons. The monoisotopic (exact) mass is 266 g/mol. The number of rotatable bonds is 2. The number of aryl methyl sites for hydroxylation is 1. The molecule has 3 heteroatoms. The van der Waals surface area contributed by atoms with E-state index in [1.54, 1.807) is 13.8 Å². The first-order valence-electron chi connectivity index (χ1n) is 6.24. The number of fused-ring (bicyclic) bond motifs is 1. The van der Waals surface area contributed by atoms with Gasteiger partial charge in [-0.25, -0.2) is 0 Å². The summed E-state index contributed by atoms with van der Waals surface area (Å²) in [6.45, 7) is 7.57. The number of ketones is 1. The average Bonchev–Trinajstić information content (AvgIpc) is 2.46. The summed E-state index contributed by atoms with van der Waals surface area (Å²) < 4.78 is 0. The Morgan fingerprint density at radius 2 is 2.00 bits per heavy atom. The van der Waals surface area contributed by atoms with Crippen molar-refractivity contribution in [2.45, 2.75) is 40.2 Å². The van der Waals surface area contributed by atoms with Crippen molar-refractivity contribution in [2.24, 2.45) is 5.41 Å². The predicted molar refractivity (Wildman–Crippen MR) is 73.4 cm³/mol. The molecule has 2 rings (SSSR count). The Kier molecular flexibility index (Phi) is 3.28. The SMILES string of the molecule is Cc1cc2c(c(C)c1CCCl)C(=O)C(C)(C)[C@@H]2O. The summed E-state index contributed by atoms with van der Waals surface area (Å²) in [5.41, 5.74) is 3.99. The van der Waals surface area contributed by atoms with Gasteiger partial charge >= 0.3 is 0 Å². The molecule has 0 amide bonds. The van der Waals surface area contributed by atoms with Crippen LogP contribution < -0.4 is 0 Å². The number of Topliss-reactive ketones (excluding diaryl/α,β-unsaturated/α-hetero) is 1. The molecule has 0 fully saturated rings. The number of benzene rings is 1. The summed E-state index contributed by atoms with van der Waals surface area (Å²) in [5.74, 6) is 0.582. The van der Waals surface area contributed by atoms with Gasteiger partial charge in [0.05, 0.1) is 11.5 Å².